The minimum Gasteiger partial charge on any atom is -0.336 e. The molecule has 136 valence electrons. The zero-order valence-electron chi connectivity index (χ0n) is 14.6. The van der Waals surface area contributed by atoms with Gasteiger partial charge in [-0.05, 0) is 40.6 Å². The van der Waals surface area contributed by atoms with Gasteiger partial charge in [-0.1, -0.05) is 6.07 Å². The zero-order valence-corrected chi connectivity index (χ0v) is 15.4. The van der Waals surface area contributed by atoms with Gasteiger partial charge in [-0.2, -0.15) is 11.3 Å². The van der Waals surface area contributed by atoms with Crippen LogP contribution in [0.2, 0.25) is 0 Å². The van der Waals surface area contributed by atoms with Gasteiger partial charge in [0.2, 0.25) is 0 Å². The second-order valence-electron chi connectivity index (χ2n) is 6.63. The van der Waals surface area contributed by atoms with Gasteiger partial charge in [0.1, 0.15) is 0 Å². The molecule has 3 heterocycles. The molecule has 3 amide bonds. The third-order valence-corrected chi connectivity index (χ3v) is 5.64. The van der Waals surface area contributed by atoms with E-state index in [4.69, 9.17) is 0 Å². The number of rotatable bonds is 4. The van der Waals surface area contributed by atoms with Crippen LogP contribution in [-0.2, 0) is 6.54 Å². The molecule has 7 heteroatoms. The Morgan fingerprint density at radius 3 is 2.65 bits per heavy atom. The summed E-state index contributed by atoms with van der Waals surface area (Å²) in [7, 11) is 0. The first kappa shape index (κ1) is 17.1. The van der Waals surface area contributed by atoms with Gasteiger partial charge < -0.3 is 10.2 Å². The molecule has 2 aliphatic heterocycles. The smallest absolute Gasteiger partial charge is 0.321 e. The molecule has 2 fully saturated rings. The molecule has 0 atom stereocenters. The van der Waals surface area contributed by atoms with Gasteiger partial charge in [0, 0.05) is 57.1 Å². The minimum absolute atomic E-state index is 0.0432. The molecule has 2 aliphatic rings. The number of piperazine rings is 1. The SMILES string of the molecule is O=C(c1cccc(N2CCNC2=O)c1)N1CCN(Cc2ccsc2)CC1. The van der Waals surface area contributed by atoms with Crippen LogP contribution in [0.4, 0.5) is 10.5 Å². The number of nitrogens with one attached hydrogen (secondary N) is 1. The van der Waals surface area contributed by atoms with Crippen LogP contribution in [-0.4, -0.2) is 61.0 Å². The molecule has 1 aromatic carbocycles. The Labute approximate surface area is 157 Å². The molecule has 0 aliphatic carbocycles. The number of nitrogens with zero attached hydrogens (tertiary/aromatic N) is 3. The molecule has 1 aromatic heterocycles. The quantitative estimate of drug-likeness (QED) is 0.898. The summed E-state index contributed by atoms with van der Waals surface area (Å²) in [5.74, 6) is 0.0432. The van der Waals surface area contributed by atoms with Crippen molar-refractivity contribution in [3.8, 4) is 0 Å². The Bertz CT molecular complexity index is 785. The normalized spacial score (nSPS) is 18.2. The van der Waals surface area contributed by atoms with Crippen LogP contribution in [0.15, 0.2) is 41.1 Å². The van der Waals surface area contributed by atoms with Crippen molar-refractivity contribution in [2.45, 2.75) is 6.54 Å². The second-order valence-corrected chi connectivity index (χ2v) is 7.41. The lowest BCUT2D eigenvalue weighted by molar-refractivity contribution is 0.0628. The number of carbonyl (C=O) groups excluding carboxylic acids is 2. The molecule has 4 rings (SSSR count). The van der Waals surface area contributed by atoms with Crippen LogP contribution in [0.5, 0.6) is 0 Å². The standard InChI is InChI=1S/C19H22N4O2S/c24-18(16-2-1-3-17(12-16)23-6-5-20-19(23)25)22-9-7-21(8-10-22)13-15-4-11-26-14-15/h1-4,11-12,14H,5-10,13H2,(H,20,25). The number of carbonyl (C=O) groups is 2. The van der Waals surface area contributed by atoms with E-state index in [2.05, 4.69) is 27.0 Å². The number of thiophene rings is 1. The summed E-state index contributed by atoms with van der Waals surface area (Å²) in [6, 6.07) is 9.43. The topological polar surface area (TPSA) is 55.9 Å². The minimum atomic E-state index is -0.100. The molecular weight excluding hydrogens is 348 g/mol. The Kier molecular flexibility index (Phi) is 4.90. The van der Waals surface area contributed by atoms with Crippen molar-refractivity contribution in [3.05, 3.63) is 52.2 Å². The summed E-state index contributed by atoms with van der Waals surface area (Å²) >= 11 is 1.72. The summed E-state index contributed by atoms with van der Waals surface area (Å²) < 4.78 is 0. The fourth-order valence-corrected chi connectivity index (χ4v) is 4.12. The van der Waals surface area contributed by atoms with E-state index in [0.717, 1.165) is 38.4 Å². The molecule has 26 heavy (non-hydrogen) atoms. The van der Waals surface area contributed by atoms with E-state index < -0.39 is 0 Å². The van der Waals surface area contributed by atoms with E-state index in [1.54, 1.807) is 16.2 Å². The number of hydrogen-bond donors (Lipinski definition) is 1. The first-order valence-corrected chi connectivity index (χ1v) is 9.83. The highest BCUT2D eigenvalue weighted by Crippen LogP contribution is 2.20. The first-order chi connectivity index (χ1) is 12.7. The molecular formula is C19H22N4O2S. The van der Waals surface area contributed by atoms with Gasteiger partial charge >= 0.3 is 6.03 Å². The molecule has 6 nitrogen and oxygen atoms in total. The summed E-state index contributed by atoms with van der Waals surface area (Å²) in [6.45, 7) is 5.46. The molecule has 0 radical (unpaired) electrons. The van der Waals surface area contributed by atoms with Crippen molar-refractivity contribution < 1.29 is 9.59 Å². The van der Waals surface area contributed by atoms with Crippen molar-refractivity contribution in [1.82, 2.24) is 15.1 Å². The van der Waals surface area contributed by atoms with Gasteiger partial charge in [-0.3, -0.25) is 14.6 Å². The lowest BCUT2D eigenvalue weighted by Gasteiger charge is -2.34. The van der Waals surface area contributed by atoms with Crippen LogP contribution in [0, 0.1) is 0 Å². The van der Waals surface area contributed by atoms with Gasteiger partial charge in [-0.25, -0.2) is 4.79 Å². The van der Waals surface area contributed by atoms with Crippen LogP contribution in [0.25, 0.3) is 0 Å². The molecule has 1 N–H and O–H groups in total. The number of hydrogen-bond acceptors (Lipinski definition) is 4. The van der Waals surface area contributed by atoms with Gasteiger partial charge in [-0.15, -0.1) is 0 Å². The van der Waals surface area contributed by atoms with Crippen molar-refractivity contribution in [1.29, 1.82) is 0 Å². The van der Waals surface area contributed by atoms with E-state index in [-0.39, 0.29) is 11.9 Å². The van der Waals surface area contributed by atoms with Crippen LogP contribution in [0.1, 0.15) is 15.9 Å². The lowest BCUT2D eigenvalue weighted by atomic mass is 10.1. The predicted molar refractivity (Wildman–Crippen MR) is 103 cm³/mol. The van der Waals surface area contributed by atoms with Gasteiger partial charge in [0.15, 0.2) is 0 Å². The maximum absolute atomic E-state index is 12.9. The molecule has 2 saturated heterocycles. The van der Waals surface area contributed by atoms with Crippen LogP contribution in [0.3, 0.4) is 0 Å². The average molecular weight is 370 g/mol. The summed E-state index contributed by atoms with van der Waals surface area (Å²) in [5, 5.41) is 7.07. The van der Waals surface area contributed by atoms with Gasteiger partial charge in [0.25, 0.3) is 5.91 Å². The molecule has 0 saturated carbocycles. The summed E-state index contributed by atoms with van der Waals surface area (Å²) in [5.41, 5.74) is 2.77. The fourth-order valence-electron chi connectivity index (χ4n) is 3.46. The monoisotopic (exact) mass is 370 g/mol. The number of benzene rings is 1. The van der Waals surface area contributed by atoms with Crippen molar-refractivity contribution in [2.24, 2.45) is 0 Å². The maximum Gasteiger partial charge on any atom is 0.321 e. The molecule has 0 spiro atoms. The van der Waals surface area contributed by atoms with Crippen molar-refractivity contribution in [3.63, 3.8) is 0 Å². The fraction of sp³-hybridized carbons (Fsp3) is 0.368. The van der Waals surface area contributed by atoms with E-state index in [0.29, 0.717) is 18.7 Å². The van der Waals surface area contributed by atoms with Crippen molar-refractivity contribution in [2.75, 3.05) is 44.2 Å². The van der Waals surface area contributed by atoms with E-state index >= 15 is 0 Å². The molecule has 0 unspecified atom stereocenters. The number of urea groups is 1. The Morgan fingerprint density at radius 1 is 1.12 bits per heavy atom. The summed E-state index contributed by atoms with van der Waals surface area (Å²) in [6.07, 6.45) is 0. The first-order valence-electron chi connectivity index (χ1n) is 8.89. The Morgan fingerprint density at radius 2 is 1.96 bits per heavy atom. The number of anilines is 1. The van der Waals surface area contributed by atoms with Crippen molar-refractivity contribution >= 4 is 29.0 Å². The van der Waals surface area contributed by atoms with Gasteiger partial charge in [0.05, 0.1) is 0 Å². The maximum atomic E-state index is 12.9. The Hall–Kier alpha value is -2.38. The lowest BCUT2D eigenvalue weighted by Crippen LogP contribution is -2.48. The third-order valence-electron chi connectivity index (χ3n) is 4.91. The highest BCUT2D eigenvalue weighted by atomic mass is 32.1. The van der Waals surface area contributed by atoms with Crippen LogP contribution >= 0.6 is 11.3 Å². The highest BCUT2D eigenvalue weighted by molar-refractivity contribution is 7.07. The Balaban J connectivity index is 1.38. The largest absolute Gasteiger partial charge is 0.336 e. The highest BCUT2D eigenvalue weighted by Gasteiger charge is 2.25. The third kappa shape index (κ3) is 3.59. The average Bonchev–Trinajstić information content (AvgIpc) is 3.33. The van der Waals surface area contributed by atoms with E-state index in [9.17, 15) is 9.59 Å². The molecule has 0 bridgehead atoms. The summed E-state index contributed by atoms with van der Waals surface area (Å²) in [4.78, 5) is 30.7. The zero-order chi connectivity index (χ0) is 17.9. The van der Waals surface area contributed by atoms with E-state index in [1.807, 2.05) is 29.2 Å². The predicted octanol–water partition coefficient (Wildman–Crippen LogP) is 2.24. The number of amides is 3. The van der Waals surface area contributed by atoms with E-state index in [1.165, 1.54) is 5.56 Å². The van der Waals surface area contributed by atoms with Crippen LogP contribution < -0.4 is 10.2 Å². The second kappa shape index (κ2) is 7.47. The molecule has 2 aromatic rings.